The number of Topliss-reactive ketones (excluding diaryl/α,β-unsaturated/α-hetero) is 4. The van der Waals surface area contributed by atoms with Crippen LogP contribution in [0.3, 0.4) is 0 Å². The van der Waals surface area contributed by atoms with Crippen LogP contribution in [0.4, 0.5) is 4.39 Å². The molecule has 0 heterocycles. The lowest BCUT2D eigenvalue weighted by Gasteiger charge is -2.52. The van der Waals surface area contributed by atoms with Crippen molar-refractivity contribution in [3.63, 3.8) is 0 Å². The first-order chi connectivity index (χ1) is 22.8. The Morgan fingerprint density at radius 3 is 2.38 bits per heavy atom. The van der Waals surface area contributed by atoms with Gasteiger partial charge in [-0.1, -0.05) is 24.3 Å². The van der Waals surface area contributed by atoms with Gasteiger partial charge >= 0.3 is 0 Å². The number of amides is 1. The molecule has 12 heteroatoms. The third-order valence-corrected chi connectivity index (χ3v) is 10.0. The molecule has 3 aromatic carbocycles. The highest BCUT2D eigenvalue weighted by Gasteiger charge is 2.69. The predicted octanol–water partition coefficient (Wildman–Crippen LogP) is 1.97. The van der Waals surface area contributed by atoms with Crippen molar-refractivity contribution in [3.8, 4) is 22.6 Å². The van der Waals surface area contributed by atoms with Gasteiger partial charge in [0.25, 0.3) is 0 Å². The fourth-order valence-electron chi connectivity index (χ4n) is 7.93. The summed E-state index contributed by atoms with van der Waals surface area (Å²) in [5, 5.41) is 26.1. The summed E-state index contributed by atoms with van der Waals surface area (Å²) < 4.78 is 19.3. The third kappa shape index (κ3) is 5.20. The fourth-order valence-corrected chi connectivity index (χ4v) is 7.93. The maximum atomic E-state index is 14.2. The number of nitrogens with zero attached hydrogens (tertiary/aromatic N) is 1. The maximum absolute atomic E-state index is 14.2. The largest absolute Gasteiger partial charge is 0.507 e. The SMILES string of the molecule is COc1ccc(CNCc2cccc(F)c2)cc1-c1ccc(O)c2c1C[C@H]1C[C@H]3[C@H](N(C)C)C(=O)C(C(N)=O)C(=O)[C@@]3(O)C(=O)C1C2=O. The van der Waals surface area contributed by atoms with E-state index in [9.17, 15) is 38.6 Å². The Balaban J connectivity index is 1.39. The van der Waals surface area contributed by atoms with Gasteiger partial charge in [0.15, 0.2) is 34.7 Å². The van der Waals surface area contributed by atoms with Crippen LogP contribution in [0, 0.1) is 29.5 Å². The van der Waals surface area contributed by atoms with E-state index in [1.807, 2.05) is 18.2 Å². The molecule has 2 saturated carbocycles. The summed E-state index contributed by atoms with van der Waals surface area (Å²) in [4.78, 5) is 68.8. The molecule has 2 fully saturated rings. The lowest BCUT2D eigenvalue weighted by atomic mass is 9.52. The highest BCUT2D eigenvalue weighted by Crippen LogP contribution is 2.52. The van der Waals surface area contributed by atoms with Crippen molar-refractivity contribution in [1.29, 1.82) is 0 Å². The second-order valence-corrected chi connectivity index (χ2v) is 13.0. The van der Waals surface area contributed by atoms with E-state index < -0.39 is 64.4 Å². The minimum Gasteiger partial charge on any atom is -0.507 e. The molecule has 3 aliphatic rings. The van der Waals surface area contributed by atoms with Crippen LogP contribution < -0.4 is 15.8 Å². The fraction of sp³-hybridized carbons (Fsp3) is 0.361. The number of primary amides is 1. The van der Waals surface area contributed by atoms with E-state index in [0.29, 0.717) is 35.5 Å². The number of hydrogen-bond donors (Lipinski definition) is 4. The summed E-state index contributed by atoms with van der Waals surface area (Å²) in [5.74, 6) is -10.9. The molecule has 5 N–H and O–H groups in total. The number of carbonyl (C=O) groups excluding carboxylic acids is 5. The standard InChI is InChI=1S/C36H36FN3O8/c1-40(2)30-24-14-19-13-23-21(22-12-18(7-10-26(22)48-3)16-39-15-17-5-4-6-20(37)11-17)8-9-25(41)28(23)31(42)27(19)33(44)36(24,47)34(45)29(32(30)43)35(38)46/h4-12,19,24,27,29-30,39,41,47H,13-16H2,1-3H3,(H2,38,46)/t19-,24-,27?,29?,30-,36-/m0/s1. The summed E-state index contributed by atoms with van der Waals surface area (Å²) in [5.41, 5.74) is 5.82. The molecular weight excluding hydrogens is 621 g/mol. The second kappa shape index (κ2) is 12.3. The lowest BCUT2D eigenvalue weighted by molar-refractivity contribution is -0.181. The molecule has 0 aliphatic heterocycles. The maximum Gasteiger partial charge on any atom is 0.235 e. The number of ether oxygens (including phenoxy) is 1. The van der Waals surface area contributed by atoms with E-state index in [1.165, 1.54) is 44.3 Å². The normalized spacial score (nSPS) is 26.6. The van der Waals surface area contributed by atoms with Gasteiger partial charge in [-0.3, -0.25) is 28.9 Å². The number of aliphatic hydroxyl groups is 1. The summed E-state index contributed by atoms with van der Waals surface area (Å²) >= 11 is 0. The third-order valence-electron chi connectivity index (χ3n) is 10.0. The van der Waals surface area contributed by atoms with E-state index in [-0.39, 0.29) is 30.0 Å². The van der Waals surface area contributed by atoms with Crippen molar-refractivity contribution in [2.45, 2.75) is 37.6 Å². The molecule has 2 unspecified atom stereocenters. The lowest BCUT2D eigenvalue weighted by Crippen LogP contribution is -2.74. The Morgan fingerprint density at radius 2 is 1.73 bits per heavy atom. The van der Waals surface area contributed by atoms with Gasteiger partial charge in [0, 0.05) is 24.6 Å². The van der Waals surface area contributed by atoms with E-state index in [1.54, 1.807) is 18.2 Å². The Bertz CT molecular complexity index is 1880. The van der Waals surface area contributed by atoms with E-state index >= 15 is 0 Å². The van der Waals surface area contributed by atoms with Crippen LogP contribution in [-0.2, 0) is 38.7 Å². The van der Waals surface area contributed by atoms with Crippen molar-refractivity contribution in [1.82, 2.24) is 10.2 Å². The monoisotopic (exact) mass is 657 g/mol. The number of halogens is 1. The van der Waals surface area contributed by atoms with Gasteiger partial charge in [-0.05, 0) is 85.4 Å². The summed E-state index contributed by atoms with van der Waals surface area (Å²) in [7, 11) is 4.58. The number of aromatic hydroxyl groups is 1. The number of rotatable bonds is 8. The number of fused-ring (bicyclic) bond motifs is 3. The second-order valence-electron chi connectivity index (χ2n) is 13.0. The van der Waals surface area contributed by atoms with E-state index in [2.05, 4.69) is 5.32 Å². The van der Waals surface area contributed by atoms with E-state index in [4.69, 9.17) is 10.5 Å². The van der Waals surface area contributed by atoms with Crippen molar-refractivity contribution < 1.29 is 43.3 Å². The Hall–Kier alpha value is -4.78. The first-order valence-electron chi connectivity index (χ1n) is 15.6. The van der Waals surface area contributed by atoms with Crippen LogP contribution in [0.5, 0.6) is 11.5 Å². The predicted molar refractivity (Wildman–Crippen MR) is 170 cm³/mol. The summed E-state index contributed by atoms with van der Waals surface area (Å²) in [6, 6.07) is 13.6. The smallest absolute Gasteiger partial charge is 0.235 e. The molecule has 250 valence electrons. The van der Waals surface area contributed by atoms with Gasteiger partial charge in [0.05, 0.1) is 24.6 Å². The first-order valence-corrected chi connectivity index (χ1v) is 15.6. The number of likely N-dealkylation sites (N-methyl/N-ethyl adjacent to an activating group) is 1. The average molecular weight is 658 g/mol. The number of hydrogen-bond acceptors (Lipinski definition) is 10. The number of ketones is 4. The topological polar surface area (TPSA) is 176 Å². The molecule has 1 amide bonds. The highest BCUT2D eigenvalue weighted by molar-refractivity contribution is 6.32. The molecule has 48 heavy (non-hydrogen) atoms. The Labute approximate surface area is 275 Å². The number of phenols is 1. The molecule has 3 aliphatic carbocycles. The molecular formula is C36H36FN3O8. The average Bonchev–Trinajstić information content (AvgIpc) is 3.02. The number of nitrogens with two attached hydrogens (primary N) is 1. The Kier molecular flexibility index (Phi) is 8.52. The molecule has 0 saturated heterocycles. The van der Waals surface area contributed by atoms with Gasteiger partial charge in [0.2, 0.25) is 5.91 Å². The molecule has 0 spiro atoms. The van der Waals surface area contributed by atoms with Crippen LogP contribution in [0.2, 0.25) is 0 Å². The van der Waals surface area contributed by atoms with Crippen LogP contribution >= 0.6 is 0 Å². The highest BCUT2D eigenvalue weighted by atomic mass is 19.1. The molecule has 6 rings (SSSR count). The molecule has 11 nitrogen and oxygen atoms in total. The molecule has 6 atom stereocenters. The number of benzene rings is 3. The molecule has 0 bridgehead atoms. The molecule has 0 aromatic heterocycles. The van der Waals surface area contributed by atoms with E-state index in [0.717, 1.165) is 11.1 Å². The van der Waals surface area contributed by atoms with Crippen molar-refractivity contribution in [2.24, 2.45) is 29.4 Å². The number of carbonyl (C=O) groups is 5. The zero-order valence-electron chi connectivity index (χ0n) is 26.7. The Morgan fingerprint density at radius 1 is 1.02 bits per heavy atom. The summed E-state index contributed by atoms with van der Waals surface area (Å²) in [6.45, 7) is 0.846. The van der Waals surface area contributed by atoms with Crippen molar-refractivity contribution >= 4 is 29.0 Å². The zero-order valence-corrected chi connectivity index (χ0v) is 26.7. The van der Waals surface area contributed by atoms with Crippen LogP contribution in [0.1, 0.15) is 33.5 Å². The molecule has 0 radical (unpaired) electrons. The van der Waals surface area contributed by atoms with Gasteiger partial charge in [0.1, 0.15) is 17.3 Å². The number of phenolic OH excluding ortho intramolecular Hbond substituents is 1. The van der Waals surface area contributed by atoms with Gasteiger partial charge in [-0.2, -0.15) is 0 Å². The number of methoxy groups -OCH3 is 1. The van der Waals surface area contributed by atoms with Gasteiger partial charge in [-0.25, -0.2) is 4.39 Å². The van der Waals surface area contributed by atoms with Crippen molar-refractivity contribution in [3.05, 3.63) is 82.7 Å². The minimum absolute atomic E-state index is 0.0554. The quantitative estimate of drug-likeness (QED) is 0.262. The summed E-state index contributed by atoms with van der Waals surface area (Å²) in [6.07, 6.45) is 0.0565. The van der Waals surface area contributed by atoms with Gasteiger partial charge < -0.3 is 26.0 Å². The minimum atomic E-state index is -2.79. The van der Waals surface area contributed by atoms with Crippen LogP contribution in [0.15, 0.2) is 54.6 Å². The van der Waals surface area contributed by atoms with Crippen LogP contribution in [0.25, 0.3) is 11.1 Å². The van der Waals surface area contributed by atoms with Crippen molar-refractivity contribution in [2.75, 3.05) is 21.2 Å². The zero-order chi connectivity index (χ0) is 34.7. The first kappa shape index (κ1) is 33.1. The molecule has 3 aromatic rings. The van der Waals surface area contributed by atoms with Gasteiger partial charge in [-0.15, -0.1) is 0 Å². The van der Waals surface area contributed by atoms with Crippen LogP contribution in [-0.4, -0.2) is 77.0 Å². The number of nitrogens with one attached hydrogen (secondary N) is 1.